The van der Waals surface area contributed by atoms with Gasteiger partial charge >= 0.3 is 17.1 Å². The third-order valence-corrected chi connectivity index (χ3v) is 2.60. The maximum Gasteiger partial charge on any atom is 2.00 e. The minimum absolute atomic E-state index is 0. The second-order valence-corrected chi connectivity index (χ2v) is 4.82. The molecule has 9 nitrogen and oxygen atoms in total. The minimum Gasteiger partial charge on any atom is -0.550 e. The van der Waals surface area contributed by atoms with Crippen LogP contribution in [0.15, 0.2) is 67.0 Å². The van der Waals surface area contributed by atoms with Crippen molar-refractivity contribution < 1.29 is 47.8 Å². The molecule has 3 aromatic heterocycles. The van der Waals surface area contributed by atoms with Crippen molar-refractivity contribution in [1.82, 2.24) is 15.0 Å². The van der Waals surface area contributed by atoms with Crippen LogP contribution >= 0.6 is 0 Å². The Morgan fingerprint density at radius 3 is 1.24 bits per heavy atom. The molecule has 3 aromatic rings. The van der Waals surface area contributed by atoms with Crippen LogP contribution < -0.4 is 10.2 Å². The van der Waals surface area contributed by atoms with Gasteiger partial charge in [-0.1, -0.05) is 18.2 Å². The average molecular weight is 442 g/mol. The van der Waals surface area contributed by atoms with Crippen molar-refractivity contribution in [2.75, 3.05) is 0 Å². The smallest absolute Gasteiger partial charge is 0.550 e. The molecule has 0 atom stereocenters. The van der Waals surface area contributed by atoms with E-state index in [1.54, 1.807) is 12.4 Å². The molecule has 0 spiro atoms. The number of aromatic nitrogens is 3. The Morgan fingerprint density at radius 1 is 0.655 bits per heavy atom. The molecule has 4 N–H and O–H groups in total. The molecule has 3 heterocycles. The quantitative estimate of drug-likeness (QED) is 0.459. The van der Waals surface area contributed by atoms with Crippen LogP contribution in [-0.4, -0.2) is 37.8 Å². The van der Waals surface area contributed by atoms with E-state index in [1.165, 1.54) is 0 Å². The monoisotopic (exact) mass is 442 g/mol. The molecule has 0 unspecified atom stereocenters. The predicted octanol–water partition coefficient (Wildman–Crippen LogP) is -0.934. The van der Waals surface area contributed by atoms with Crippen molar-refractivity contribution in [3.05, 3.63) is 67.0 Å². The second kappa shape index (κ2) is 17.0. The van der Waals surface area contributed by atoms with Gasteiger partial charge in [-0.05, 0) is 50.2 Å². The molecule has 0 aromatic carbocycles. The van der Waals surface area contributed by atoms with Gasteiger partial charge in [0.15, 0.2) is 0 Å². The molecule has 0 saturated heterocycles. The molecule has 0 bridgehead atoms. The second-order valence-electron chi connectivity index (χ2n) is 4.82. The molecule has 29 heavy (non-hydrogen) atoms. The van der Waals surface area contributed by atoms with E-state index in [0.717, 1.165) is 36.6 Å². The summed E-state index contributed by atoms with van der Waals surface area (Å²) in [6.45, 7) is 1.94. The van der Waals surface area contributed by atoms with Gasteiger partial charge in [0.25, 0.3) is 0 Å². The van der Waals surface area contributed by atoms with Crippen LogP contribution in [0.1, 0.15) is 13.8 Å². The van der Waals surface area contributed by atoms with E-state index in [9.17, 15) is 0 Å². The normalized spacial score (nSPS) is 8.07. The summed E-state index contributed by atoms with van der Waals surface area (Å²) in [5.41, 5.74) is 3.46. The van der Waals surface area contributed by atoms with Gasteiger partial charge in [0.1, 0.15) is 0 Å². The topological polar surface area (TPSA) is 182 Å². The van der Waals surface area contributed by atoms with Gasteiger partial charge in [-0.2, -0.15) is 0 Å². The van der Waals surface area contributed by atoms with Crippen LogP contribution in [0, 0.1) is 0 Å². The first-order valence-corrected chi connectivity index (χ1v) is 7.55. The van der Waals surface area contributed by atoms with Crippen LogP contribution in [0.3, 0.4) is 0 Å². The molecule has 1 radical (unpaired) electrons. The van der Waals surface area contributed by atoms with Crippen molar-refractivity contribution >= 4 is 11.9 Å². The van der Waals surface area contributed by atoms with Crippen LogP contribution in [0.2, 0.25) is 0 Å². The molecule has 0 aliphatic rings. The zero-order chi connectivity index (χ0) is 19.4. The summed E-state index contributed by atoms with van der Waals surface area (Å²) < 4.78 is 0. The Labute approximate surface area is 178 Å². The standard InChI is InChI=1S/C15H11N3.2C2H4O2.Mn.2H2O/c1-3-10-16-12(6-1)14-8-5-9-15(18-14)13-7-2-4-11-17-13;2*1-2(3)4;;;/h1-11H;2*1H3,(H,3,4);;2*1H2/q;;;+2;;/p-2. The van der Waals surface area contributed by atoms with Crippen LogP contribution in [-0.2, 0) is 26.7 Å². The molecule has 155 valence electrons. The first-order valence-electron chi connectivity index (χ1n) is 7.55. The molecular formula is C19H21MnN3O6. The van der Waals surface area contributed by atoms with Gasteiger partial charge in [-0.25, -0.2) is 4.98 Å². The van der Waals surface area contributed by atoms with Crippen molar-refractivity contribution in [2.24, 2.45) is 0 Å². The first-order chi connectivity index (χ1) is 12.4. The van der Waals surface area contributed by atoms with E-state index < -0.39 is 11.9 Å². The summed E-state index contributed by atoms with van der Waals surface area (Å²) in [5.74, 6) is -2.17. The number of nitrogens with zero attached hydrogens (tertiary/aromatic N) is 3. The Morgan fingerprint density at radius 2 is 0.966 bits per heavy atom. The summed E-state index contributed by atoms with van der Waals surface area (Å²) in [5, 5.41) is 17.8. The third kappa shape index (κ3) is 13.6. The van der Waals surface area contributed by atoms with Crippen molar-refractivity contribution in [3.63, 3.8) is 0 Å². The summed E-state index contributed by atoms with van der Waals surface area (Å²) in [4.78, 5) is 31.0. The van der Waals surface area contributed by atoms with Gasteiger partial charge in [0.05, 0.1) is 22.8 Å². The van der Waals surface area contributed by atoms with Crippen LogP contribution in [0.4, 0.5) is 0 Å². The van der Waals surface area contributed by atoms with Gasteiger partial charge in [0.2, 0.25) is 0 Å². The molecule has 0 amide bonds. The number of hydrogen-bond acceptors (Lipinski definition) is 7. The van der Waals surface area contributed by atoms with E-state index >= 15 is 0 Å². The fourth-order valence-corrected chi connectivity index (χ4v) is 1.75. The fourth-order valence-electron chi connectivity index (χ4n) is 1.75. The molecule has 0 aliphatic heterocycles. The number of carbonyl (C=O) groups is 2. The molecule has 0 aliphatic carbocycles. The van der Waals surface area contributed by atoms with Crippen molar-refractivity contribution in [3.8, 4) is 22.8 Å². The minimum atomic E-state index is -1.08. The fraction of sp³-hybridized carbons (Fsp3) is 0.105. The SMILES string of the molecule is CC(=O)[O-].CC(=O)[O-].O.O.[Mn+2].c1ccc(-c2cccc(-c3ccccn3)n2)nc1. The zero-order valence-corrected chi connectivity index (χ0v) is 16.9. The van der Waals surface area contributed by atoms with Gasteiger partial charge in [0, 0.05) is 24.3 Å². The number of hydrogen-bond donors (Lipinski definition) is 0. The van der Waals surface area contributed by atoms with E-state index in [1.807, 2.05) is 54.6 Å². The maximum atomic E-state index is 8.89. The Hall–Kier alpha value is -3.17. The van der Waals surface area contributed by atoms with Crippen LogP contribution in [0.5, 0.6) is 0 Å². The summed E-state index contributed by atoms with van der Waals surface area (Å²) in [6, 6.07) is 17.5. The third-order valence-electron chi connectivity index (χ3n) is 2.60. The van der Waals surface area contributed by atoms with Crippen molar-refractivity contribution in [2.45, 2.75) is 13.8 Å². The predicted molar refractivity (Wildman–Crippen MR) is 99.3 cm³/mol. The molecule has 0 fully saturated rings. The number of carbonyl (C=O) groups excluding carboxylic acids is 2. The maximum absolute atomic E-state index is 8.89. The number of rotatable bonds is 2. The summed E-state index contributed by atoms with van der Waals surface area (Å²) in [7, 11) is 0. The number of pyridine rings is 3. The largest absolute Gasteiger partial charge is 2.00 e. The van der Waals surface area contributed by atoms with Gasteiger partial charge in [-0.15, -0.1) is 0 Å². The molecule has 3 rings (SSSR count). The van der Waals surface area contributed by atoms with Crippen molar-refractivity contribution in [1.29, 1.82) is 0 Å². The Kier molecular flexibility index (Phi) is 17.9. The first kappa shape index (κ1) is 30.6. The van der Waals surface area contributed by atoms with E-state index in [2.05, 4.69) is 15.0 Å². The van der Waals surface area contributed by atoms with Gasteiger partial charge in [-0.3, -0.25) is 9.97 Å². The molecule has 10 heteroatoms. The Balaban J connectivity index is -0.000000535. The number of carboxylic acids is 2. The number of aliphatic carboxylic acids is 2. The summed E-state index contributed by atoms with van der Waals surface area (Å²) in [6.07, 6.45) is 3.54. The average Bonchev–Trinajstić information content (AvgIpc) is 2.62. The molecular weight excluding hydrogens is 421 g/mol. The van der Waals surface area contributed by atoms with E-state index in [-0.39, 0.29) is 28.0 Å². The summed E-state index contributed by atoms with van der Waals surface area (Å²) >= 11 is 0. The van der Waals surface area contributed by atoms with E-state index in [0.29, 0.717) is 0 Å². The van der Waals surface area contributed by atoms with E-state index in [4.69, 9.17) is 19.8 Å². The number of carboxylic acid groups (broad SMARTS) is 2. The Bertz CT molecular complexity index is 761. The van der Waals surface area contributed by atoms with Gasteiger partial charge < -0.3 is 30.8 Å². The van der Waals surface area contributed by atoms with Crippen LogP contribution in [0.25, 0.3) is 22.8 Å². The molecule has 0 saturated carbocycles. The zero-order valence-electron chi connectivity index (χ0n) is 15.7.